The van der Waals surface area contributed by atoms with Gasteiger partial charge in [-0.3, -0.25) is 38.6 Å². The number of carbonyl (C=O) groups is 3. The van der Waals surface area contributed by atoms with E-state index in [4.69, 9.17) is 5.10 Å². The van der Waals surface area contributed by atoms with E-state index < -0.39 is 11.7 Å². The Balaban J connectivity index is 0.721. The van der Waals surface area contributed by atoms with Gasteiger partial charge in [-0.15, -0.1) is 0 Å². The van der Waals surface area contributed by atoms with Gasteiger partial charge in [-0.2, -0.15) is 5.10 Å². The lowest BCUT2D eigenvalue weighted by Crippen LogP contribution is -2.49. The van der Waals surface area contributed by atoms with E-state index in [1.54, 1.807) is 42.6 Å². The molecule has 0 radical (unpaired) electrons. The summed E-state index contributed by atoms with van der Waals surface area (Å²) in [5.41, 5.74) is 4.03. The average Bonchev–Trinajstić information content (AvgIpc) is 3.59. The Kier molecular flexibility index (Phi) is 11.2. The zero-order valence-electron chi connectivity index (χ0n) is 33.9. The van der Waals surface area contributed by atoms with Crippen molar-refractivity contribution in [2.45, 2.75) is 63.3 Å². The number of amides is 3. The highest BCUT2D eigenvalue weighted by atomic mass is 19.1. The van der Waals surface area contributed by atoms with Crippen LogP contribution in [0.3, 0.4) is 0 Å². The molecular weight excluding hydrogens is 764 g/mol. The Labute approximate surface area is 347 Å². The lowest BCUT2D eigenvalue weighted by molar-refractivity contribution is -0.138. The fraction of sp³-hybridized carbons (Fsp3) is 0.444. The predicted molar refractivity (Wildman–Crippen MR) is 226 cm³/mol. The summed E-state index contributed by atoms with van der Waals surface area (Å²) in [5.74, 6) is -0.245. The van der Waals surface area contributed by atoms with E-state index in [1.807, 2.05) is 11.7 Å². The van der Waals surface area contributed by atoms with Gasteiger partial charge in [0.1, 0.15) is 5.69 Å². The van der Waals surface area contributed by atoms with Gasteiger partial charge in [0.2, 0.25) is 23.7 Å². The largest absolute Gasteiger partial charge is 0.369 e. The number of anilines is 2. The van der Waals surface area contributed by atoms with E-state index in [1.165, 1.54) is 16.8 Å². The first-order valence-electron chi connectivity index (χ1n) is 21.3. The van der Waals surface area contributed by atoms with Gasteiger partial charge in [-0.05, 0) is 87.3 Å². The molecule has 312 valence electrons. The number of likely N-dealkylation sites (tertiary alicyclic amines) is 1. The molecule has 2 N–H and O–H groups in total. The SMILES string of the molecule is Cn1nc(C2CCC(=O)NC2=O)c2ccc(N3CCN(CC4CCN(C(=O)[C@H]5CC[C@H](Nc6ncc(F)c(-c7cccc(-n8ccccc8=O)c7)n6)CC5)CC4)CC3)cc21. The Morgan fingerprint density at radius 1 is 0.867 bits per heavy atom. The van der Waals surface area contributed by atoms with Crippen LogP contribution < -0.4 is 21.1 Å². The molecule has 3 aliphatic heterocycles. The number of rotatable bonds is 9. The molecule has 1 unspecified atom stereocenters. The summed E-state index contributed by atoms with van der Waals surface area (Å²) in [4.78, 5) is 66.1. The summed E-state index contributed by atoms with van der Waals surface area (Å²) < 4.78 is 18.4. The molecule has 1 saturated carbocycles. The molecule has 1 atom stereocenters. The number of aromatic nitrogens is 5. The van der Waals surface area contributed by atoms with Crippen LogP contribution in [0.1, 0.15) is 63.0 Å². The molecule has 14 nitrogen and oxygen atoms in total. The molecule has 5 aromatic rings. The molecule has 0 spiro atoms. The number of fused-ring (bicyclic) bond motifs is 1. The second-order valence-corrected chi connectivity index (χ2v) is 16.8. The standard InChI is InChI=1S/C45H51FN10O4/c1-52-38-26-33(12-13-35(38)42(51-52)36-14-15-39(57)49-43(36)59)54-23-21-53(22-24-54)28-29-16-19-55(20-17-29)44(60)30-8-10-32(11-9-30)48-45-47-27-37(46)41(50-45)31-5-4-6-34(25-31)56-18-3-2-7-40(56)58/h2-7,12-13,18,25-27,29-30,32,36H,8-11,14-17,19-24,28H2,1H3,(H,47,48,50)(H,49,57,59)/t30-,32-,36?. The molecule has 2 aromatic carbocycles. The van der Waals surface area contributed by atoms with Gasteiger partial charge in [-0.1, -0.05) is 18.2 Å². The molecule has 60 heavy (non-hydrogen) atoms. The maximum Gasteiger partial charge on any atom is 0.255 e. The summed E-state index contributed by atoms with van der Waals surface area (Å²) in [6.07, 6.45) is 8.89. The highest BCUT2D eigenvalue weighted by molar-refractivity contribution is 6.02. The van der Waals surface area contributed by atoms with Crippen molar-refractivity contribution < 1.29 is 18.8 Å². The van der Waals surface area contributed by atoms with Crippen LogP contribution in [0.5, 0.6) is 0 Å². The number of hydrogen-bond donors (Lipinski definition) is 2. The van der Waals surface area contributed by atoms with E-state index in [2.05, 4.69) is 53.5 Å². The smallest absolute Gasteiger partial charge is 0.255 e. The minimum Gasteiger partial charge on any atom is -0.369 e. The van der Waals surface area contributed by atoms with Crippen molar-refractivity contribution >= 4 is 40.3 Å². The van der Waals surface area contributed by atoms with Crippen molar-refractivity contribution in [2.24, 2.45) is 18.9 Å². The zero-order valence-corrected chi connectivity index (χ0v) is 33.9. The number of aryl methyl sites for hydroxylation is 1. The van der Waals surface area contributed by atoms with Gasteiger partial charge in [0.15, 0.2) is 5.82 Å². The second kappa shape index (κ2) is 17.0. The van der Waals surface area contributed by atoms with Crippen LogP contribution >= 0.6 is 0 Å². The van der Waals surface area contributed by atoms with Crippen molar-refractivity contribution in [3.05, 3.63) is 94.9 Å². The monoisotopic (exact) mass is 814 g/mol. The predicted octanol–water partition coefficient (Wildman–Crippen LogP) is 4.87. The molecule has 3 aromatic heterocycles. The number of benzene rings is 2. The van der Waals surface area contributed by atoms with Crippen molar-refractivity contribution in [3.8, 4) is 16.9 Å². The summed E-state index contributed by atoms with van der Waals surface area (Å²) in [5, 5.41) is 11.5. The first-order chi connectivity index (χ1) is 29.2. The van der Waals surface area contributed by atoms with E-state index in [0.29, 0.717) is 36.0 Å². The van der Waals surface area contributed by atoms with Crippen LogP contribution in [0.25, 0.3) is 27.8 Å². The van der Waals surface area contributed by atoms with Crippen LogP contribution in [-0.2, 0) is 21.4 Å². The minimum atomic E-state index is -0.542. The van der Waals surface area contributed by atoms with Crippen molar-refractivity contribution in [3.63, 3.8) is 0 Å². The van der Waals surface area contributed by atoms with Crippen molar-refractivity contribution in [2.75, 3.05) is 56.0 Å². The number of piperidine rings is 2. The van der Waals surface area contributed by atoms with E-state index in [-0.39, 0.29) is 40.9 Å². The van der Waals surface area contributed by atoms with Gasteiger partial charge < -0.3 is 15.1 Å². The van der Waals surface area contributed by atoms with E-state index >= 15 is 4.39 Å². The number of hydrogen-bond acceptors (Lipinski definition) is 10. The number of pyridine rings is 1. The van der Waals surface area contributed by atoms with Gasteiger partial charge >= 0.3 is 0 Å². The zero-order chi connectivity index (χ0) is 41.3. The Bertz CT molecular complexity index is 2460. The molecule has 3 amide bonds. The molecule has 15 heteroatoms. The number of imide groups is 1. The number of halogens is 1. The number of nitrogens with zero attached hydrogens (tertiary/aromatic N) is 8. The second-order valence-electron chi connectivity index (χ2n) is 16.8. The molecule has 1 aliphatic carbocycles. The first-order valence-corrected chi connectivity index (χ1v) is 21.3. The number of carbonyl (C=O) groups excluding carboxylic acids is 3. The molecule has 4 aliphatic rings. The van der Waals surface area contributed by atoms with E-state index in [0.717, 1.165) is 107 Å². The Morgan fingerprint density at radius 2 is 1.67 bits per heavy atom. The quantitative estimate of drug-likeness (QED) is 0.198. The molecule has 6 heterocycles. The van der Waals surface area contributed by atoms with Gasteiger partial charge in [-0.25, -0.2) is 14.4 Å². The van der Waals surface area contributed by atoms with Crippen LogP contribution in [0.2, 0.25) is 0 Å². The van der Waals surface area contributed by atoms with Crippen molar-refractivity contribution in [1.29, 1.82) is 0 Å². The summed E-state index contributed by atoms with van der Waals surface area (Å²) in [6.45, 7) is 6.48. The van der Waals surface area contributed by atoms with Gasteiger partial charge in [0, 0.05) is 106 Å². The first kappa shape index (κ1) is 39.5. The highest BCUT2D eigenvalue weighted by Gasteiger charge is 2.34. The highest BCUT2D eigenvalue weighted by Crippen LogP contribution is 2.34. The minimum absolute atomic E-state index is 0.0103. The van der Waals surface area contributed by atoms with Gasteiger partial charge in [0.05, 0.1) is 23.3 Å². The molecular formula is C45H51FN10O4. The van der Waals surface area contributed by atoms with E-state index in [9.17, 15) is 19.2 Å². The molecule has 4 fully saturated rings. The Morgan fingerprint density at radius 3 is 2.43 bits per heavy atom. The third-order valence-electron chi connectivity index (χ3n) is 13.0. The maximum absolute atomic E-state index is 15.0. The van der Waals surface area contributed by atoms with Gasteiger partial charge in [0.25, 0.3) is 5.56 Å². The summed E-state index contributed by atoms with van der Waals surface area (Å²) >= 11 is 0. The number of piperazine rings is 1. The van der Waals surface area contributed by atoms with Crippen LogP contribution in [-0.4, -0.2) is 104 Å². The number of nitrogens with one attached hydrogen (secondary N) is 2. The summed E-state index contributed by atoms with van der Waals surface area (Å²) in [6, 6.07) is 18.5. The van der Waals surface area contributed by atoms with Crippen LogP contribution in [0.4, 0.5) is 16.0 Å². The van der Waals surface area contributed by atoms with Crippen LogP contribution in [0.15, 0.2) is 77.9 Å². The summed E-state index contributed by atoms with van der Waals surface area (Å²) in [7, 11) is 1.91. The molecule has 0 bridgehead atoms. The lowest BCUT2D eigenvalue weighted by Gasteiger charge is -2.40. The molecule has 3 saturated heterocycles. The Hall–Kier alpha value is -5.96. The topological polar surface area (TPSA) is 151 Å². The average molecular weight is 815 g/mol. The fourth-order valence-corrected chi connectivity index (χ4v) is 9.58. The molecule has 9 rings (SSSR count). The fourth-order valence-electron chi connectivity index (χ4n) is 9.58. The van der Waals surface area contributed by atoms with Crippen molar-refractivity contribution in [1.82, 2.24) is 39.4 Å². The lowest BCUT2D eigenvalue weighted by atomic mass is 9.84. The third kappa shape index (κ3) is 8.27. The normalized spacial score (nSPS) is 21.9. The third-order valence-corrected chi connectivity index (χ3v) is 13.0. The maximum atomic E-state index is 15.0. The van der Waals surface area contributed by atoms with Crippen LogP contribution in [0, 0.1) is 17.7 Å².